The number of hydrogen-bond donors (Lipinski definition) is 0. The second-order valence-electron chi connectivity index (χ2n) is 20.5. The third-order valence-electron chi connectivity index (χ3n) is 15.8. The van der Waals surface area contributed by atoms with Crippen LogP contribution >= 0.6 is 0 Å². The van der Waals surface area contributed by atoms with Gasteiger partial charge in [-0.3, -0.25) is 0 Å². The van der Waals surface area contributed by atoms with E-state index in [0.717, 1.165) is 112 Å². The van der Waals surface area contributed by atoms with E-state index in [4.69, 9.17) is 8.83 Å². The fraction of sp³-hybridized carbons (Fsp3) is 0. The van der Waals surface area contributed by atoms with Crippen LogP contribution in [0.4, 0.5) is 34.1 Å². The van der Waals surface area contributed by atoms with Crippen LogP contribution in [-0.4, -0.2) is 9.13 Å². The Kier molecular flexibility index (Phi) is 10.5. The Hall–Kier alpha value is -10.8. The van der Waals surface area contributed by atoms with Crippen molar-refractivity contribution in [3.63, 3.8) is 0 Å². The average Bonchev–Trinajstić information content (AvgIpc) is 4.46. The number of rotatable bonds is 10. The first-order valence-electron chi connectivity index (χ1n) is 27.1. The van der Waals surface area contributed by atoms with Crippen molar-refractivity contribution in [2.75, 3.05) is 9.80 Å². The molecule has 16 rings (SSSR count). The maximum absolute atomic E-state index is 6.83. The molecule has 6 nitrogen and oxygen atoms in total. The van der Waals surface area contributed by atoms with Crippen molar-refractivity contribution < 1.29 is 8.83 Å². The number of benzene rings is 12. The predicted molar refractivity (Wildman–Crippen MR) is 332 cm³/mol. The van der Waals surface area contributed by atoms with Crippen LogP contribution in [-0.2, 0) is 0 Å². The lowest BCUT2D eigenvalue weighted by molar-refractivity contribution is 0.631. The Morgan fingerprint density at radius 3 is 0.950 bits per heavy atom. The quantitative estimate of drug-likeness (QED) is 0.137. The Morgan fingerprint density at radius 1 is 0.250 bits per heavy atom. The van der Waals surface area contributed by atoms with Gasteiger partial charge in [0.15, 0.2) is 0 Å². The zero-order chi connectivity index (χ0) is 52.7. The van der Waals surface area contributed by atoms with Crippen molar-refractivity contribution in [2.45, 2.75) is 0 Å². The molecule has 0 atom stereocenters. The van der Waals surface area contributed by atoms with Gasteiger partial charge in [0.05, 0.1) is 22.1 Å². The molecule has 376 valence electrons. The van der Waals surface area contributed by atoms with E-state index in [9.17, 15) is 0 Å². The lowest BCUT2D eigenvalue weighted by Gasteiger charge is -2.25. The fourth-order valence-electron chi connectivity index (χ4n) is 12.3. The molecule has 0 aliphatic rings. The summed E-state index contributed by atoms with van der Waals surface area (Å²) < 4.78 is 18.5. The predicted octanol–water partition coefficient (Wildman–Crippen LogP) is 20.8. The van der Waals surface area contributed by atoms with Crippen LogP contribution in [0.5, 0.6) is 0 Å². The third-order valence-corrected chi connectivity index (χ3v) is 15.8. The largest absolute Gasteiger partial charge is 0.456 e. The van der Waals surface area contributed by atoms with Gasteiger partial charge in [0.2, 0.25) is 0 Å². The second kappa shape index (κ2) is 18.4. The van der Waals surface area contributed by atoms with Crippen molar-refractivity contribution in [1.29, 1.82) is 0 Å². The molecule has 0 unspecified atom stereocenters. The van der Waals surface area contributed by atoms with E-state index in [1.165, 1.54) is 32.3 Å². The fourth-order valence-corrected chi connectivity index (χ4v) is 12.3. The van der Waals surface area contributed by atoms with Crippen molar-refractivity contribution in [3.05, 3.63) is 291 Å². The minimum Gasteiger partial charge on any atom is -0.456 e. The van der Waals surface area contributed by atoms with E-state index >= 15 is 0 Å². The number of fused-ring (bicyclic) bond motifs is 11. The lowest BCUT2D eigenvalue weighted by Crippen LogP contribution is -2.09. The van der Waals surface area contributed by atoms with Crippen LogP contribution in [0.2, 0.25) is 0 Å². The van der Waals surface area contributed by atoms with Gasteiger partial charge < -0.3 is 27.8 Å². The molecule has 4 aromatic heterocycles. The molecule has 4 heterocycles. The van der Waals surface area contributed by atoms with Crippen molar-refractivity contribution in [1.82, 2.24) is 9.13 Å². The van der Waals surface area contributed by atoms with Crippen LogP contribution in [0, 0.1) is 0 Å². The summed E-state index contributed by atoms with van der Waals surface area (Å²) in [5.41, 5.74) is 16.8. The first-order chi connectivity index (χ1) is 39.7. The maximum atomic E-state index is 6.83. The number of furan rings is 2. The van der Waals surface area contributed by atoms with Crippen LogP contribution < -0.4 is 9.80 Å². The molecule has 0 aliphatic carbocycles. The van der Waals surface area contributed by atoms with Crippen LogP contribution in [0.15, 0.2) is 300 Å². The number of anilines is 6. The summed E-state index contributed by atoms with van der Waals surface area (Å²) in [4.78, 5) is 4.54. The first-order valence-corrected chi connectivity index (χ1v) is 27.1. The molecule has 6 heteroatoms. The SMILES string of the molecule is c1ccc(N(c2ccccc2)c2ccc3cc(-c4ccc5c6c7ccc8c(c7ccc6n(-c6ccccc6)c5c4)c4ccc(-c5cc6ccc(N(c7ccccc7)c7ccccc7)cc6o5)cc4n8-c4ccccc4)oc3c2)cc1. The highest BCUT2D eigenvalue weighted by atomic mass is 16.3. The highest BCUT2D eigenvalue weighted by molar-refractivity contribution is 6.30. The monoisotopic (exact) mass is 1020 g/mol. The highest BCUT2D eigenvalue weighted by Crippen LogP contribution is 2.46. The summed E-state index contributed by atoms with van der Waals surface area (Å²) in [5, 5.41) is 9.27. The summed E-state index contributed by atoms with van der Waals surface area (Å²) in [6.07, 6.45) is 0. The molecule has 0 saturated carbocycles. The zero-order valence-electron chi connectivity index (χ0n) is 43.3. The van der Waals surface area contributed by atoms with Gasteiger partial charge in [-0.1, -0.05) is 146 Å². The molecular formula is C74H48N4O2. The molecule has 0 N–H and O–H groups in total. The van der Waals surface area contributed by atoms with Gasteiger partial charge in [0.1, 0.15) is 22.7 Å². The van der Waals surface area contributed by atoms with E-state index in [1.54, 1.807) is 0 Å². The second-order valence-corrected chi connectivity index (χ2v) is 20.5. The molecule has 0 amide bonds. The Labute approximate surface area is 461 Å². The third kappa shape index (κ3) is 7.42. The summed E-state index contributed by atoms with van der Waals surface area (Å²) in [7, 11) is 0. The normalized spacial score (nSPS) is 11.8. The van der Waals surface area contributed by atoms with E-state index in [1.807, 2.05) is 0 Å². The van der Waals surface area contributed by atoms with Crippen LogP contribution in [0.1, 0.15) is 0 Å². The molecule has 0 aliphatic heterocycles. The van der Waals surface area contributed by atoms with Gasteiger partial charge in [0.25, 0.3) is 0 Å². The first kappa shape index (κ1) is 45.4. The van der Waals surface area contributed by atoms with E-state index in [0.29, 0.717) is 0 Å². The van der Waals surface area contributed by atoms with Crippen molar-refractivity contribution in [3.8, 4) is 34.0 Å². The molecule has 0 bridgehead atoms. The standard InChI is InChI=1S/C74H48N4O2/c1-7-19-53(20-8-1)75(54-21-9-2-10-22-54)59-35-31-51-45-69(79-71(51)47-59)49-33-37-63-67(43-49)77(57-27-15-5-16-28-57)65-41-39-62-61(73(63)65)40-42-66-74(62)64-38-34-50(44-68(64)78(66)58-29-17-6-18-30-58)70-46-52-32-36-60(48-72(52)80-70)76(55-23-11-3-12-24-55)56-25-13-4-14-26-56/h1-48H. The van der Waals surface area contributed by atoms with Gasteiger partial charge in [-0.15, -0.1) is 0 Å². The van der Waals surface area contributed by atoms with Crippen LogP contribution in [0.25, 0.3) is 110 Å². The van der Waals surface area contributed by atoms with Gasteiger partial charge in [-0.25, -0.2) is 0 Å². The van der Waals surface area contributed by atoms with Gasteiger partial charge in [-0.2, -0.15) is 0 Å². The summed E-state index contributed by atoms with van der Waals surface area (Å²) in [6, 6.07) is 104. The lowest BCUT2D eigenvalue weighted by atomic mass is 9.98. The Bertz CT molecular complexity index is 4590. The molecular weight excluding hydrogens is 977 g/mol. The topological polar surface area (TPSA) is 42.6 Å². The van der Waals surface area contributed by atoms with E-state index in [2.05, 4.69) is 310 Å². The summed E-state index contributed by atoms with van der Waals surface area (Å²) >= 11 is 0. The van der Waals surface area contributed by atoms with Crippen LogP contribution in [0.3, 0.4) is 0 Å². The average molecular weight is 1030 g/mol. The maximum Gasteiger partial charge on any atom is 0.136 e. The smallest absolute Gasteiger partial charge is 0.136 e. The Balaban J connectivity index is 0.838. The van der Waals surface area contributed by atoms with E-state index in [-0.39, 0.29) is 0 Å². The molecule has 0 saturated heterocycles. The molecule has 0 radical (unpaired) electrons. The van der Waals surface area contributed by atoms with Gasteiger partial charge in [-0.05, 0) is 144 Å². The minimum atomic E-state index is 0.819. The van der Waals surface area contributed by atoms with E-state index < -0.39 is 0 Å². The zero-order valence-corrected chi connectivity index (χ0v) is 43.3. The summed E-state index contributed by atoms with van der Waals surface area (Å²) in [6.45, 7) is 0. The molecule has 12 aromatic carbocycles. The van der Waals surface area contributed by atoms with Crippen molar-refractivity contribution >= 4 is 110 Å². The number of aromatic nitrogens is 2. The van der Waals surface area contributed by atoms with Crippen molar-refractivity contribution in [2.24, 2.45) is 0 Å². The van der Waals surface area contributed by atoms with Gasteiger partial charge in [0, 0.05) is 101 Å². The number of nitrogens with zero attached hydrogens (tertiary/aromatic N) is 4. The molecule has 80 heavy (non-hydrogen) atoms. The number of para-hydroxylation sites is 6. The molecule has 0 spiro atoms. The molecule has 16 aromatic rings. The Morgan fingerprint density at radius 2 is 0.588 bits per heavy atom. The highest BCUT2D eigenvalue weighted by Gasteiger charge is 2.23. The summed E-state index contributed by atoms with van der Waals surface area (Å²) in [5.74, 6) is 1.64. The van der Waals surface area contributed by atoms with Gasteiger partial charge >= 0.3 is 0 Å². The number of hydrogen-bond acceptors (Lipinski definition) is 4. The minimum absolute atomic E-state index is 0.819. The molecule has 0 fully saturated rings.